The smallest absolute Gasteiger partial charge is 0.251 e. The van der Waals surface area contributed by atoms with Crippen LogP contribution in [-0.4, -0.2) is 64.7 Å². The second-order valence-electron chi connectivity index (χ2n) is 6.63. The number of hydrogen-bond acceptors (Lipinski definition) is 6. The fourth-order valence-electron chi connectivity index (χ4n) is 3.36. The molecule has 2 aliphatic heterocycles. The minimum Gasteiger partial charge on any atom is -0.368 e. The highest BCUT2D eigenvalue weighted by atomic mass is 35.5. The Morgan fingerprint density at radius 3 is 2.85 bits per heavy atom. The zero-order valence-corrected chi connectivity index (χ0v) is 15.2. The lowest BCUT2D eigenvalue weighted by molar-refractivity contribution is -0.142. The summed E-state index contributed by atoms with van der Waals surface area (Å²) in [5.41, 5.74) is 0.833. The summed E-state index contributed by atoms with van der Waals surface area (Å²) < 4.78 is 10.9. The zero-order valence-electron chi connectivity index (χ0n) is 14.4. The number of amides is 1. The molecule has 1 aromatic heterocycles. The van der Waals surface area contributed by atoms with Gasteiger partial charge in [0.1, 0.15) is 6.10 Å². The predicted molar refractivity (Wildman–Crippen MR) is 95.6 cm³/mol. The lowest BCUT2D eigenvalue weighted by Gasteiger charge is -2.35. The molecule has 26 heavy (non-hydrogen) atoms. The number of halogens is 1. The van der Waals surface area contributed by atoms with Crippen LogP contribution in [0.25, 0.3) is 11.4 Å². The molecule has 0 spiro atoms. The molecule has 1 aromatic carbocycles. The Hall–Kier alpha value is -1.96. The predicted octanol–water partition coefficient (Wildman–Crippen LogP) is 2.21. The van der Waals surface area contributed by atoms with Gasteiger partial charge in [-0.15, -0.1) is 0 Å². The standard InChI is InChI=1S/C18H21ClN4O3/c19-14-4-1-3-13(11-14)17-20-16(26-21-17)12-22-6-8-23(9-7-22)18(24)15-5-2-10-25-15/h1,3-4,11,15H,2,5-10,12H2. The molecule has 138 valence electrons. The highest BCUT2D eigenvalue weighted by Gasteiger charge is 2.30. The van der Waals surface area contributed by atoms with E-state index in [1.165, 1.54) is 0 Å². The van der Waals surface area contributed by atoms with Crippen molar-refractivity contribution in [1.82, 2.24) is 19.9 Å². The monoisotopic (exact) mass is 376 g/mol. The maximum Gasteiger partial charge on any atom is 0.251 e. The quantitative estimate of drug-likeness (QED) is 0.814. The lowest BCUT2D eigenvalue weighted by Crippen LogP contribution is -2.51. The second kappa shape index (κ2) is 7.73. The molecule has 1 atom stereocenters. The van der Waals surface area contributed by atoms with Crippen molar-refractivity contribution in [2.24, 2.45) is 0 Å². The van der Waals surface area contributed by atoms with E-state index in [0.717, 1.165) is 31.5 Å². The SMILES string of the molecule is O=C(C1CCCO1)N1CCN(Cc2nc(-c3cccc(Cl)c3)no2)CC1. The maximum absolute atomic E-state index is 12.4. The van der Waals surface area contributed by atoms with E-state index in [9.17, 15) is 4.79 Å². The molecule has 1 unspecified atom stereocenters. The molecule has 0 N–H and O–H groups in total. The lowest BCUT2D eigenvalue weighted by atomic mass is 10.2. The highest BCUT2D eigenvalue weighted by molar-refractivity contribution is 6.30. The fraction of sp³-hybridized carbons (Fsp3) is 0.500. The molecule has 1 amide bonds. The number of ether oxygens (including phenoxy) is 1. The van der Waals surface area contributed by atoms with Crippen molar-refractivity contribution in [1.29, 1.82) is 0 Å². The summed E-state index contributed by atoms with van der Waals surface area (Å²) in [6, 6.07) is 7.38. The Morgan fingerprint density at radius 1 is 1.27 bits per heavy atom. The van der Waals surface area contributed by atoms with E-state index in [-0.39, 0.29) is 12.0 Å². The van der Waals surface area contributed by atoms with Crippen LogP contribution in [0.5, 0.6) is 0 Å². The van der Waals surface area contributed by atoms with Gasteiger partial charge in [0.15, 0.2) is 0 Å². The first-order chi connectivity index (χ1) is 12.7. The van der Waals surface area contributed by atoms with Crippen LogP contribution < -0.4 is 0 Å². The number of aromatic nitrogens is 2. The van der Waals surface area contributed by atoms with Gasteiger partial charge in [0.2, 0.25) is 11.7 Å². The van der Waals surface area contributed by atoms with E-state index in [2.05, 4.69) is 15.0 Å². The number of rotatable bonds is 4. The number of nitrogens with zero attached hydrogens (tertiary/aromatic N) is 4. The van der Waals surface area contributed by atoms with Crippen LogP contribution in [0, 0.1) is 0 Å². The van der Waals surface area contributed by atoms with Crippen molar-refractivity contribution in [2.75, 3.05) is 32.8 Å². The van der Waals surface area contributed by atoms with Crippen LogP contribution >= 0.6 is 11.6 Å². The largest absolute Gasteiger partial charge is 0.368 e. The molecule has 2 aliphatic rings. The number of carbonyl (C=O) groups excluding carboxylic acids is 1. The summed E-state index contributed by atoms with van der Waals surface area (Å²) in [6.07, 6.45) is 1.58. The Balaban J connectivity index is 1.31. The summed E-state index contributed by atoms with van der Waals surface area (Å²) in [5, 5.41) is 4.68. The molecular weight excluding hydrogens is 356 g/mol. The van der Waals surface area contributed by atoms with E-state index in [4.69, 9.17) is 20.9 Å². The molecule has 0 aliphatic carbocycles. The minimum atomic E-state index is -0.238. The summed E-state index contributed by atoms with van der Waals surface area (Å²) in [6.45, 7) is 4.25. The van der Waals surface area contributed by atoms with Crippen LogP contribution in [0.4, 0.5) is 0 Å². The topological polar surface area (TPSA) is 71.7 Å². The summed E-state index contributed by atoms with van der Waals surface area (Å²) >= 11 is 6.01. The third-order valence-electron chi connectivity index (χ3n) is 4.80. The number of piperazine rings is 1. The molecule has 3 heterocycles. The van der Waals surface area contributed by atoms with E-state index in [1.54, 1.807) is 0 Å². The van der Waals surface area contributed by atoms with E-state index in [0.29, 0.717) is 43.0 Å². The number of hydrogen-bond donors (Lipinski definition) is 0. The van der Waals surface area contributed by atoms with Crippen molar-refractivity contribution >= 4 is 17.5 Å². The second-order valence-corrected chi connectivity index (χ2v) is 7.06. The zero-order chi connectivity index (χ0) is 17.9. The first kappa shape index (κ1) is 17.5. The van der Waals surface area contributed by atoms with Crippen molar-refractivity contribution < 1.29 is 14.1 Å². The molecule has 7 nitrogen and oxygen atoms in total. The van der Waals surface area contributed by atoms with Gasteiger partial charge in [0.05, 0.1) is 6.54 Å². The highest BCUT2D eigenvalue weighted by Crippen LogP contribution is 2.21. The summed E-state index contributed by atoms with van der Waals surface area (Å²) in [7, 11) is 0. The number of carbonyl (C=O) groups is 1. The Kier molecular flexibility index (Phi) is 5.19. The molecule has 0 bridgehead atoms. The minimum absolute atomic E-state index is 0.128. The molecule has 0 radical (unpaired) electrons. The van der Waals surface area contributed by atoms with E-state index in [1.807, 2.05) is 29.2 Å². The van der Waals surface area contributed by atoms with Crippen LogP contribution in [-0.2, 0) is 16.1 Å². The molecule has 2 aromatic rings. The van der Waals surface area contributed by atoms with Gasteiger partial charge >= 0.3 is 0 Å². The Morgan fingerprint density at radius 2 is 2.12 bits per heavy atom. The van der Waals surface area contributed by atoms with Gasteiger partial charge in [-0.1, -0.05) is 28.9 Å². The third kappa shape index (κ3) is 3.90. The Labute approximate surface area is 156 Å². The first-order valence-corrected chi connectivity index (χ1v) is 9.28. The summed E-state index contributed by atoms with van der Waals surface area (Å²) in [5.74, 6) is 1.23. The molecule has 2 saturated heterocycles. The van der Waals surface area contributed by atoms with Gasteiger partial charge in [-0.05, 0) is 25.0 Å². The molecule has 2 fully saturated rings. The van der Waals surface area contributed by atoms with Crippen LogP contribution in [0.1, 0.15) is 18.7 Å². The fourth-order valence-corrected chi connectivity index (χ4v) is 3.55. The van der Waals surface area contributed by atoms with Gasteiger partial charge < -0.3 is 14.2 Å². The Bertz CT molecular complexity index is 767. The first-order valence-electron chi connectivity index (χ1n) is 8.90. The van der Waals surface area contributed by atoms with Crippen molar-refractivity contribution in [3.63, 3.8) is 0 Å². The molecule has 0 saturated carbocycles. The van der Waals surface area contributed by atoms with E-state index < -0.39 is 0 Å². The molecular formula is C18H21ClN4O3. The van der Waals surface area contributed by atoms with Crippen LogP contribution in [0.2, 0.25) is 5.02 Å². The van der Waals surface area contributed by atoms with Crippen molar-refractivity contribution in [3.05, 3.63) is 35.2 Å². The van der Waals surface area contributed by atoms with Gasteiger partial charge in [-0.2, -0.15) is 4.98 Å². The van der Waals surface area contributed by atoms with Crippen LogP contribution in [0.15, 0.2) is 28.8 Å². The normalized spacial score (nSPS) is 21.3. The maximum atomic E-state index is 12.4. The van der Waals surface area contributed by atoms with Gasteiger partial charge in [0, 0.05) is 43.4 Å². The van der Waals surface area contributed by atoms with Crippen molar-refractivity contribution in [2.45, 2.75) is 25.5 Å². The van der Waals surface area contributed by atoms with Crippen LogP contribution in [0.3, 0.4) is 0 Å². The van der Waals surface area contributed by atoms with Gasteiger partial charge in [-0.25, -0.2) is 0 Å². The van der Waals surface area contributed by atoms with Gasteiger partial charge in [0.25, 0.3) is 5.91 Å². The average Bonchev–Trinajstić information content (AvgIpc) is 3.34. The molecule has 4 rings (SSSR count). The van der Waals surface area contributed by atoms with Gasteiger partial charge in [-0.3, -0.25) is 9.69 Å². The van der Waals surface area contributed by atoms with E-state index >= 15 is 0 Å². The molecule has 8 heteroatoms. The summed E-state index contributed by atoms with van der Waals surface area (Å²) in [4.78, 5) is 21.0. The third-order valence-corrected chi connectivity index (χ3v) is 5.03. The van der Waals surface area contributed by atoms with Crippen molar-refractivity contribution in [3.8, 4) is 11.4 Å². The number of benzene rings is 1. The average molecular weight is 377 g/mol.